The van der Waals surface area contributed by atoms with Gasteiger partial charge >= 0.3 is 0 Å². The fourth-order valence-corrected chi connectivity index (χ4v) is 3.92. The number of hydrogen-bond acceptors (Lipinski definition) is 5. The number of carbonyl (C=O) groups excluding carboxylic acids is 2. The van der Waals surface area contributed by atoms with Crippen LogP contribution in [-0.2, 0) is 4.79 Å². The van der Waals surface area contributed by atoms with Gasteiger partial charge in [-0.1, -0.05) is 6.07 Å². The monoisotopic (exact) mass is 309 g/mol. The van der Waals surface area contributed by atoms with Crippen molar-refractivity contribution >= 4 is 23.2 Å². The van der Waals surface area contributed by atoms with Gasteiger partial charge in [-0.3, -0.25) is 25.3 Å². The summed E-state index contributed by atoms with van der Waals surface area (Å²) in [7, 11) is 0. The zero-order valence-electron chi connectivity index (χ0n) is 11.6. The lowest BCUT2D eigenvalue weighted by Gasteiger charge is -2.36. The molecule has 0 spiro atoms. The summed E-state index contributed by atoms with van der Waals surface area (Å²) in [6, 6.07) is 4.08. The van der Waals surface area contributed by atoms with Gasteiger partial charge in [0.1, 0.15) is 0 Å². The second-order valence-corrected chi connectivity index (χ2v) is 6.61. The fraction of sp³-hybridized carbons (Fsp3) is 0.571. The largest absolute Gasteiger partial charge is 0.393 e. The number of nitrogens with zero attached hydrogens (tertiary/aromatic N) is 1. The molecule has 2 amide bonds. The predicted molar refractivity (Wildman–Crippen MR) is 78.7 cm³/mol. The molecule has 7 heteroatoms. The molecule has 0 saturated carbocycles. The zero-order chi connectivity index (χ0) is 14.8. The highest BCUT2D eigenvalue weighted by Crippen LogP contribution is 2.35. The first-order valence-electron chi connectivity index (χ1n) is 7.20. The molecule has 2 bridgehead atoms. The number of hydrogen-bond donors (Lipinski definition) is 3. The number of nitrogens with one attached hydrogen (secondary N) is 2. The van der Waals surface area contributed by atoms with Crippen LogP contribution in [0.3, 0.4) is 0 Å². The van der Waals surface area contributed by atoms with Gasteiger partial charge in [0.25, 0.3) is 11.8 Å². The van der Waals surface area contributed by atoms with Crippen LogP contribution in [0.4, 0.5) is 0 Å². The lowest BCUT2D eigenvalue weighted by atomic mass is 10.00. The van der Waals surface area contributed by atoms with Gasteiger partial charge in [-0.25, -0.2) is 0 Å². The third kappa shape index (κ3) is 3.25. The van der Waals surface area contributed by atoms with Gasteiger partial charge in [-0.05, 0) is 37.1 Å². The Labute approximate surface area is 127 Å². The van der Waals surface area contributed by atoms with Crippen LogP contribution in [-0.4, -0.2) is 46.6 Å². The molecular weight excluding hydrogens is 290 g/mol. The van der Waals surface area contributed by atoms with Crippen LogP contribution in [0.1, 0.15) is 35.4 Å². The summed E-state index contributed by atoms with van der Waals surface area (Å²) in [4.78, 5) is 26.4. The number of hydrazine groups is 1. The van der Waals surface area contributed by atoms with Gasteiger partial charge in [-0.2, -0.15) is 0 Å². The number of piperidine rings is 1. The van der Waals surface area contributed by atoms with Gasteiger partial charge in [0.2, 0.25) is 0 Å². The van der Waals surface area contributed by atoms with Crippen molar-refractivity contribution in [3.63, 3.8) is 0 Å². The number of amides is 2. The van der Waals surface area contributed by atoms with E-state index in [1.165, 1.54) is 11.3 Å². The smallest absolute Gasteiger partial charge is 0.279 e. The van der Waals surface area contributed by atoms with E-state index in [0.717, 1.165) is 25.7 Å². The number of thiophene rings is 1. The fourth-order valence-electron chi connectivity index (χ4n) is 3.30. The Morgan fingerprint density at radius 1 is 1.29 bits per heavy atom. The molecule has 0 radical (unpaired) electrons. The maximum Gasteiger partial charge on any atom is 0.279 e. The molecule has 2 atom stereocenters. The van der Waals surface area contributed by atoms with Crippen LogP contribution in [0.2, 0.25) is 0 Å². The highest BCUT2D eigenvalue weighted by atomic mass is 32.1. The van der Waals surface area contributed by atoms with Crippen molar-refractivity contribution in [3.05, 3.63) is 22.4 Å². The molecule has 2 fully saturated rings. The third-order valence-electron chi connectivity index (χ3n) is 4.25. The average molecular weight is 309 g/mol. The molecule has 2 saturated heterocycles. The summed E-state index contributed by atoms with van der Waals surface area (Å²) in [6.45, 7) is 0.271. The van der Waals surface area contributed by atoms with Crippen LogP contribution in [0.15, 0.2) is 17.5 Å². The molecule has 0 aliphatic carbocycles. The van der Waals surface area contributed by atoms with Gasteiger partial charge in [0, 0.05) is 12.1 Å². The summed E-state index contributed by atoms with van der Waals surface area (Å²) < 4.78 is 0. The van der Waals surface area contributed by atoms with E-state index < -0.39 is 0 Å². The third-order valence-corrected chi connectivity index (χ3v) is 5.11. The molecule has 3 rings (SSSR count). The summed E-state index contributed by atoms with van der Waals surface area (Å²) in [6.07, 6.45) is 3.32. The van der Waals surface area contributed by atoms with Crippen molar-refractivity contribution in [1.82, 2.24) is 15.8 Å². The summed E-state index contributed by atoms with van der Waals surface area (Å²) in [5.74, 6) is -0.511. The minimum Gasteiger partial charge on any atom is -0.393 e. The van der Waals surface area contributed by atoms with Gasteiger partial charge in [0.05, 0.1) is 17.5 Å². The van der Waals surface area contributed by atoms with Gasteiger partial charge in [0.15, 0.2) is 0 Å². The average Bonchev–Trinajstić information content (AvgIpc) is 3.05. The summed E-state index contributed by atoms with van der Waals surface area (Å²) in [5.41, 5.74) is 4.89. The number of carbonyl (C=O) groups is 2. The van der Waals surface area contributed by atoms with Gasteiger partial charge < -0.3 is 5.11 Å². The Hall–Kier alpha value is -1.44. The maximum atomic E-state index is 12.0. The van der Waals surface area contributed by atoms with E-state index in [-0.39, 0.29) is 36.5 Å². The molecule has 6 nitrogen and oxygen atoms in total. The number of rotatable bonds is 3. The van der Waals surface area contributed by atoms with Crippen molar-refractivity contribution in [2.45, 2.75) is 43.9 Å². The van der Waals surface area contributed by atoms with Crippen LogP contribution in [0.25, 0.3) is 0 Å². The topological polar surface area (TPSA) is 81.7 Å². The Balaban J connectivity index is 1.48. The minimum atomic E-state index is -0.296. The van der Waals surface area contributed by atoms with Crippen molar-refractivity contribution in [3.8, 4) is 0 Å². The molecule has 21 heavy (non-hydrogen) atoms. The van der Waals surface area contributed by atoms with Crippen molar-refractivity contribution in [1.29, 1.82) is 0 Å². The van der Waals surface area contributed by atoms with E-state index in [1.807, 2.05) is 5.38 Å². The van der Waals surface area contributed by atoms with E-state index >= 15 is 0 Å². The number of aliphatic hydroxyl groups excluding tert-OH is 1. The first-order valence-corrected chi connectivity index (χ1v) is 8.08. The number of aliphatic hydroxyl groups is 1. The molecule has 2 aliphatic rings. The van der Waals surface area contributed by atoms with E-state index in [1.54, 1.807) is 12.1 Å². The van der Waals surface area contributed by atoms with E-state index in [2.05, 4.69) is 15.8 Å². The molecule has 2 unspecified atom stereocenters. The molecule has 1 aromatic heterocycles. The summed E-state index contributed by atoms with van der Waals surface area (Å²) >= 11 is 1.33. The van der Waals surface area contributed by atoms with Crippen LogP contribution < -0.4 is 10.9 Å². The van der Waals surface area contributed by atoms with Gasteiger partial charge in [-0.15, -0.1) is 11.3 Å². The molecule has 3 heterocycles. The SMILES string of the molecule is O=C(CN1C2CCC1CC(O)C2)NNC(=O)c1cccs1. The van der Waals surface area contributed by atoms with Crippen LogP contribution >= 0.6 is 11.3 Å². The lowest BCUT2D eigenvalue weighted by Crippen LogP contribution is -2.51. The Kier molecular flexibility index (Phi) is 4.23. The molecule has 3 N–H and O–H groups in total. The number of fused-ring (bicyclic) bond motifs is 2. The Bertz CT molecular complexity index is 506. The normalized spacial score (nSPS) is 28.3. The standard InChI is InChI=1S/C14H19N3O3S/c18-11-6-9-3-4-10(7-11)17(9)8-13(19)15-16-14(20)12-2-1-5-21-12/h1-2,5,9-11,18H,3-4,6-8H2,(H,15,19)(H,16,20). The molecular formula is C14H19N3O3S. The molecule has 2 aliphatic heterocycles. The van der Waals surface area contributed by atoms with Crippen molar-refractivity contribution < 1.29 is 14.7 Å². The second kappa shape index (κ2) is 6.13. The first kappa shape index (κ1) is 14.5. The van der Waals surface area contributed by atoms with Crippen molar-refractivity contribution in [2.75, 3.05) is 6.54 Å². The first-order chi connectivity index (χ1) is 10.1. The zero-order valence-corrected chi connectivity index (χ0v) is 12.4. The highest BCUT2D eigenvalue weighted by Gasteiger charge is 2.40. The summed E-state index contributed by atoms with van der Waals surface area (Å²) in [5, 5.41) is 11.6. The minimum absolute atomic E-state index is 0.215. The lowest BCUT2D eigenvalue weighted by molar-refractivity contribution is -0.124. The second-order valence-electron chi connectivity index (χ2n) is 5.66. The quantitative estimate of drug-likeness (QED) is 0.710. The Morgan fingerprint density at radius 2 is 2.00 bits per heavy atom. The van der Waals surface area contributed by atoms with E-state index in [9.17, 15) is 14.7 Å². The maximum absolute atomic E-state index is 12.0. The van der Waals surface area contributed by atoms with E-state index in [0.29, 0.717) is 4.88 Å². The molecule has 1 aromatic rings. The van der Waals surface area contributed by atoms with Crippen LogP contribution in [0, 0.1) is 0 Å². The molecule has 114 valence electrons. The predicted octanol–water partition coefficient (Wildman–Crippen LogP) is 0.497. The highest BCUT2D eigenvalue weighted by molar-refractivity contribution is 7.12. The van der Waals surface area contributed by atoms with Crippen LogP contribution in [0.5, 0.6) is 0 Å². The Morgan fingerprint density at radius 3 is 2.62 bits per heavy atom. The van der Waals surface area contributed by atoms with E-state index in [4.69, 9.17) is 0 Å². The van der Waals surface area contributed by atoms with Crippen molar-refractivity contribution in [2.24, 2.45) is 0 Å². The molecule has 0 aromatic carbocycles.